The van der Waals surface area contributed by atoms with Crippen LogP contribution in [0.15, 0.2) is 71.8 Å². The minimum absolute atomic E-state index is 0.0218. The lowest BCUT2D eigenvalue weighted by Crippen LogP contribution is -2.33. The Morgan fingerprint density at radius 2 is 1.75 bits per heavy atom. The third-order valence-electron chi connectivity index (χ3n) is 5.06. The first-order valence-electron chi connectivity index (χ1n) is 8.92. The van der Waals surface area contributed by atoms with Crippen molar-refractivity contribution in [2.75, 3.05) is 0 Å². The van der Waals surface area contributed by atoms with Crippen molar-refractivity contribution in [2.45, 2.75) is 18.7 Å². The van der Waals surface area contributed by atoms with Crippen LogP contribution in [0.25, 0.3) is 0 Å². The smallest absolute Gasteiger partial charge is 0.213 e. The lowest BCUT2D eigenvalue weighted by molar-refractivity contribution is -0.0190. The number of fused-ring (bicyclic) bond motifs is 3. The molecule has 0 radical (unpaired) electrons. The average Bonchev–Trinajstić information content (AvgIpc) is 3.14. The van der Waals surface area contributed by atoms with Crippen molar-refractivity contribution in [3.05, 3.63) is 99.3 Å². The maximum absolute atomic E-state index is 13.3. The zero-order chi connectivity index (χ0) is 19.3. The summed E-state index contributed by atoms with van der Waals surface area (Å²) in [6.45, 7) is 0. The molecule has 140 valence electrons. The molecule has 2 unspecified atom stereocenters. The SMILES string of the molecule is Fc1ccc(C2=NN3C(C2)c2cc(Cl)ccc2OC3c2cccc(Cl)c2)cc1. The van der Waals surface area contributed by atoms with Crippen molar-refractivity contribution in [3.8, 4) is 5.75 Å². The van der Waals surface area contributed by atoms with Crippen LogP contribution in [-0.2, 0) is 0 Å². The van der Waals surface area contributed by atoms with Gasteiger partial charge in [-0.1, -0.05) is 47.5 Å². The summed E-state index contributed by atoms with van der Waals surface area (Å²) in [4.78, 5) is 0. The van der Waals surface area contributed by atoms with Gasteiger partial charge in [-0.25, -0.2) is 9.40 Å². The third-order valence-corrected chi connectivity index (χ3v) is 5.53. The molecule has 0 saturated heterocycles. The first-order chi connectivity index (χ1) is 13.6. The molecule has 0 bridgehead atoms. The predicted octanol–water partition coefficient (Wildman–Crippen LogP) is 6.37. The number of benzene rings is 3. The molecular weight excluding hydrogens is 398 g/mol. The molecule has 3 nitrogen and oxygen atoms in total. The van der Waals surface area contributed by atoms with E-state index in [-0.39, 0.29) is 11.9 Å². The van der Waals surface area contributed by atoms with E-state index in [4.69, 9.17) is 33.0 Å². The molecule has 2 atom stereocenters. The Morgan fingerprint density at radius 1 is 0.964 bits per heavy atom. The first-order valence-corrected chi connectivity index (χ1v) is 9.67. The molecule has 0 aliphatic carbocycles. The van der Waals surface area contributed by atoms with Gasteiger partial charge in [0.25, 0.3) is 0 Å². The highest BCUT2D eigenvalue weighted by molar-refractivity contribution is 6.31. The molecule has 0 amide bonds. The molecule has 0 N–H and O–H groups in total. The molecule has 28 heavy (non-hydrogen) atoms. The molecule has 3 aromatic carbocycles. The monoisotopic (exact) mass is 412 g/mol. The fourth-order valence-corrected chi connectivity index (χ4v) is 4.13. The Balaban J connectivity index is 1.61. The van der Waals surface area contributed by atoms with Gasteiger partial charge >= 0.3 is 0 Å². The molecule has 0 aromatic heterocycles. The number of ether oxygens (including phenoxy) is 1. The van der Waals surface area contributed by atoms with E-state index in [1.807, 2.05) is 47.5 Å². The lowest BCUT2D eigenvalue weighted by Gasteiger charge is -2.38. The van der Waals surface area contributed by atoms with E-state index in [1.54, 1.807) is 12.1 Å². The first kappa shape index (κ1) is 17.5. The molecule has 0 saturated carbocycles. The Morgan fingerprint density at radius 3 is 2.54 bits per heavy atom. The average molecular weight is 413 g/mol. The summed E-state index contributed by atoms with van der Waals surface area (Å²) in [5, 5.41) is 8.08. The van der Waals surface area contributed by atoms with Crippen molar-refractivity contribution in [1.82, 2.24) is 5.01 Å². The van der Waals surface area contributed by atoms with Gasteiger partial charge in [0.15, 0.2) is 0 Å². The van der Waals surface area contributed by atoms with Gasteiger partial charge in [-0.05, 0) is 48.0 Å². The number of hydrogen-bond acceptors (Lipinski definition) is 3. The highest BCUT2D eigenvalue weighted by atomic mass is 35.5. The van der Waals surface area contributed by atoms with Gasteiger partial charge in [0.05, 0.1) is 11.8 Å². The van der Waals surface area contributed by atoms with Gasteiger partial charge in [0.1, 0.15) is 11.6 Å². The summed E-state index contributed by atoms with van der Waals surface area (Å²) in [5.74, 6) is 0.517. The van der Waals surface area contributed by atoms with Crippen molar-refractivity contribution in [2.24, 2.45) is 5.10 Å². The topological polar surface area (TPSA) is 24.8 Å². The second-order valence-electron chi connectivity index (χ2n) is 6.86. The van der Waals surface area contributed by atoms with E-state index in [0.717, 1.165) is 28.2 Å². The molecule has 0 fully saturated rings. The minimum atomic E-state index is -0.407. The fraction of sp³-hybridized carbons (Fsp3) is 0.136. The summed E-state index contributed by atoms with van der Waals surface area (Å²) >= 11 is 12.4. The highest BCUT2D eigenvalue weighted by Crippen LogP contribution is 2.48. The van der Waals surface area contributed by atoms with Gasteiger partial charge < -0.3 is 4.74 Å². The highest BCUT2D eigenvalue weighted by Gasteiger charge is 2.41. The summed E-state index contributed by atoms with van der Waals surface area (Å²) in [5.41, 5.74) is 3.69. The number of rotatable bonds is 2. The largest absolute Gasteiger partial charge is 0.464 e. The molecule has 2 aliphatic heterocycles. The molecule has 6 heteroatoms. The Bertz CT molecular complexity index is 1080. The number of nitrogens with zero attached hydrogens (tertiary/aromatic N) is 2. The van der Waals surface area contributed by atoms with Crippen molar-refractivity contribution < 1.29 is 9.13 Å². The zero-order valence-electron chi connectivity index (χ0n) is 14.6. The summed E-state index contributed by atoms with van der Waals surface area (Å²) in [6, 6.07) is 19.6. The standard InChI is InChI=1S/C22H15Cl2FN2O/c23-15-3-1-2-14(10-15)22-27-20(18-11-16(24)6-9-21(18)28-22)12-19(26-27)13-4-7-17(25)8-5-13/h1-11,20,22H,12H2. The number of hydrogen-bond donors (Lipinski definition) is 0. The number of halogens is 3. The summed E-state index contributed by atoms with van der Waals surface area (Å²) < 4.78 is 19.6. The molecule has 0 spiro atoms. The maximum atomic E-state index is 13.3. The molecule has 3 aromatic rings. The van der Waals surface area contributed by atoms with Crippen molar-refractivity contribution >= 4 is 28.9 Å². The quantitative estimate of drug-likeness (QED) is 0.487. The maximum Gasteiger partial charge on any atom is 0.213 e. The van der Waals surface area contributed by atoms with Crippen LogP contribution in [0.3, 0.4) is 0 Å². The summed E-state index contributed by atoms with van der Waals surface area (Å²) in [6.07, 6.45) is 0.273. The van der Waals surface area contributed by atoms with Crippen LogP contribution in [0.5, 0.6) is 5.75 Å². The molecular formula is C22H15Cl2FN2O. The van der Waals surface area contributed by atoms with Crippen LogP contribution in [0, 0.1) is 5.82 Å². The van der Waals surface area contributed by atoms with Crippen LogP contribution in [0.2, 0.25) is 10.0 Å². The van der Waals surface area contributed by atoms with Crippen molar-refractivity contribution in [1.29, 1.82) is 0 Å². The number of hydrazone groups is 1. The van der Waals surface area contributed by atoms with E-state index >= 15 is 0 Å². The molecule has 2 heterocycles. The molecule has 5 rings (SSSR count). The van der Waals surface area contributed by atoms with E-state index in [9.17, 15) is 4.39 Å². The van der Waals surface area contributed by atoms with E-state index in [2.05, 4.69) is 0 Å². The Kier molecular flexibility index (Phi) is 4.26. The lowest BCUT2D eigenvalue weighted by atomic mass is 9.96. The van der Waals surface area contributed by atoms with Gasteiger partial charge in [0.2, 0.25) is 6.23 Å². The van der Waals surface area contributed by atoms with E-state index in [0.29, 0.717) is 16.5 Å². The molecule has 2 aliphatic rings. The second kappa shape index (κ2) is 6.80. The third kappa shape index (κ3) is 3.03. The Hall–Kier alpha value is -2.56. The van der Waals surface area contributed by atoms with Crippen LogP contribution in [0.1, 0.15) is 35.4 Å². The van der Waals surface area contributed by atoms with Crippen LogP contribution in [0.4, 0.5) is 4.39 Å². The van der Waals surface area contributed by atoms with Gasteiger partial charge in [-0.15, -0.1) is 0 Å². The predicted molar refractivity (Wildman–Crippen MR) is 108 cm³/mol. The van der Waals surface area contributed by atoms with E-state index < -0.39 is 6.23 Å². The van der Waals surface area contributed by atoms with Crippen LogP contribution in [-0.4, -0.2) is 10.7 Å². The van der Waals surface area contributed by atoms with Gasteiger partial charge in [-0.3, -0.25) is 0 Å². The summed E-state index contributed by atoms with van der Waals surface area (Å²) in [7, 11) is 0. The normalized spacial score (nSPS) is 20.2. The minimum Gasteiger partial charge on any atom is -0.464 e. The van der Waals surface area contributed by atoms with E-state index in [1.165, 1.54) is 12.1 Å². The van der Waals surface area contributed by atoms with Crippen LogP contribution < -0.4 is 4.74 Å². The van der Waals surface area contributed by atoms with Gasteiger partial charge in [0, 0.05) is 27.6 Å². The van der Waals surface area contributed by atoms with Crippen molar-refractivity contribution in [3.63, 3.8) is 0 Å². The van der Waals surface area contributed by atoms with Crippen LogP contribution >= 0.6 is 23.2 Å². The zero-order valence-corrected chi connectivity index (χ0v) is 16.2. The van der Waals surface area contributed by atoms with Gasteiger partial charge in [-0.2, -0.15) is 5.10 Å². The fourth-order valence-electron chi connectivity index (χ4n) is 3.76. The Labute approximate surface area is 172 Å². The second-order valence-corrected chi connectivity index (χ2v) is 7.73.